The number of anilines is 2. The molecule has 0 aliphatic heterocycles. The minimum atomic E-state index is -4.55. The molecule has 3 rings (SSSR count). The van der Waals surface area contributed by atoms with Gasteiger partial charge in [-0.05, 0) is 61.9 Å². The van der Waals surface area contributed by atoms with Gasteiger partial charge in [-0.1, -0.05) is 17.7 Å². The van der Waals surface area contributed by atoms with Crippen LogP contribution in [0.3, 0.4) is 0 Å². The van der Waals surface area contributed by atoms with Crippen LogP contribution in [-0.4, -0.2) is 13.0 Å². The molecular weight excluding hydrogens is 431 g/mol. The van der Waals surface area contributed by atoms with Crippen molar-refractivity contribution in [3.05, 3.63) is 96.9 Å². The third kappa shape index (κ3) is 6.18. The number of hydrogen-bond donors (Lipinski definition) is 2. The molecule has 0 unspecified atom stereocenters. The van der Waals surface area contributed by atoms with E-state index in [-0.39, 0.29) is 45.2 Å². The van der Waals surface area contributed by atoms with E-state index in [1.807, 2.05) is 26.0 Å². The molecule has 31 heavy (non-hydrogen) atoms. The third-order valence-corrected chi connectivity index (χ3v) is 5.04. The van der Waals surface area contributed by atoms with Gasteiger partial charge in [0.1, 0.15) is 15.5 Å². The van der Waals surface area contributed by atoms with Gasteiger partial charge in [-0.25, -0.2) is 8.42 Å². The van der Waals surface area contributed by atoms with E-state index >= 15 is 0 Å². The second-order valence-electron chi connectivity index (χ2n) is 6.50. The van der Waals surface area contributed by atoms with Gasteiger partial charge in [-0.3, -0.25) is 20.4 Å². The predicted octanol–water partition coefficient (Wildman–Crippen LogP) is -2.34. The van der Waals surface area contributed by atoms with Crippen LogP contribution in [0, 0.1) is 13.8 Å². The van der Waals surface area contributed by atoms with Gasteiger partial charge < -0.3 is 4.55 Å². The van der Waals surface area contributed by atoms with Crippen molar-refractivity contribution >= 4 is 21.5 Å². The number of benzene rings is 3. The zero-order chi connectivity index (χ0) is 21.9. The second-order valence-corrected chi connectivity index (χ2v) is 7.88. The Balaban J connectivity index is 0.00000341. The molecule has 0 heterocycles. The van der Waals surface area contributed by atoms with E-state index in [0.29, 0.717) is 11.4 Å². The summed E-state index contributed by atoms with van der Waals surface area (Å²) < 4.78 is 32.9. The number of nitrogens with one attached hydrogen (secondary N) is 2. The third-order valence-electron chi connectivity index (χ3n) is 4.19. The molecule has 11 heteroatoms. The Morgan fingerprint density at radius 1 is 0.871 bits per heavy atom. The van der Waals surface area contributed by atoms with Gasteiger partial charge in [0.25, 0.3) is 0 Å². The van der Waals surface area contributed by atoms with Crippen molar-refractivity contribution < 1.29 is 42.5 Å². The first-order valence-electron chi connectivity index (χ1n) is 8.73. The summed E-state index contributed by atoms with van der Waals surface area (Å²) in [5, 5.41) is 7.52. The van der Waals surface area contributed by atoms with Crippen LogP contribution in [0.4, 0.5) is 11.4 Å². The minimum absolute atomic E-state index is 0. The summed E-state index contributed by atoms with van der Waals surface area (Å²) in [6.45, 7) is 3.82. The van der Waals surface area contributed by atoms with Crippen LogP contribution < -0.4 is 62.0 Å². The SMILES string of the molecule is Cc1ccc(N/N=c2/c(=O)cc/c(=N/Nc3ccc(S(=O)(=O)[O-])cc3)c2=O)c(C)c1.[Na+]. The largest absolute Gasteiger partial charge is 1.00 e. The second kappa shape index (κ2) is 10.1. The Morgan fingerprint density at radius 3 is 2.16 bits per heavy atom. The van der Waals surface area contributed by atoms with Crippen LogP contribution in [0.1, 0.15) is 11.1 Å². The molecule has 0 saturated heterocycles. The van der Waals surface area contributed by atoms with E-state index in [9.17, 15) is 22.6 Å². The standard InChI is InChI=1S/C20H18N4O5S.Na/c1-12-3-8-16(13(2)11-12)22-24-19-18(25)10-9-17(20(19)26)23-21-14-4-6-15(7-5-14)30(27,28)29;/h3-11,21-22H,1-2H3,(H,27,28,29);/q;+1/p-1/b23-17-,24-19-;. The zero-order valence-electron chi connectivity index (χ0n) is 17.0. The Labute approximate surface area is 199 Å². The topological polar surface area (TPSA) is 140 Å². The molecule has 2 N–H and O–H groups in total. The van der Waals surface area contributed by atoms with Crippen molar-refractivity contribution in [3.8, 4) is 0 Å². The fourth-order valence-corrected chi connectivity index (χ4v) is 3.08. The van der Waals surface area contributed by atoms with Crippen molar-refractivity contribution in [1.29, 1.82) is 0 Å². The van der Waals surface area contributed by atoms with Crippen LogP contribution in [0.25, 0.3) is 0 Å². The number of rotatable bonds is 5. The first-order valence-corrected chi connectivity index (χ1v) is 10.1. The maximum absolute atomic E-state index is 12.6. The fourth-order valence-electron chi connectivity index (χ4n) is 2.61. The molecule has 9 nitrogen and oxygen atoms in total. The van der Waals surface area contributed by atoms with E-state index in [1.165, 1.54) is 24.3 Å². The first-order chi connectivity index (χ1) is 14.1. The summed E-state index contributed by atoms with van der Waals surface area (Å²) in [5.74, 6) is 0. The summed E-state index contributed by atoms with van der Waals surface area (Å²) in [4.78, 5) is 24.3. The quantitative estimate of drug-likeness (QED) is 0.253. The molecule has 154 valence electrons. The molecule has 3 aromatic rings. The monoisotopic (exact) mass is 448 g/mol. The number of nitrogens with zero attached hydrogens (tertiary/aromatic N) is 2. The van der Waals surface area contributed by atoms with E-state index in [0.717, 1.165) is 23.3 Å². The van der Waals surface area contributed by atoms with Crippen molar-refractivity contribution in [2.24, 2.45) is 10.2 Å². The van der Waals surface area contributed by atoms with Gasteiger partial charge in [0.2, 0.25) is 10.9 Å². The molecule has 0 aromatic heterocycles. The molecule has 0 amide bonds. The average molecular weight is 448 g/mol. The maximum atomic E-state index is 12.6. The Morgan fingerprint density at radius 2 is 1.55 bits per heavy atom. The predicted molar refractivity (Wildman–Crippen MR) is 110 cm³/mol. The van der Waals surface area contributed by atoms with Crippen LogP contribution in [0.15, 0.2) is 79.3 Å². The average Bonchev–Trinajstić information content (AvgIpc) is 2.68. The van der Waals surface area contributed by atoms with Gasteiger partial charge in [0, 0.05) is 0 Å². The van der Waals surface area contributed by atoms with Crippen LogP contribution >= 0.6 is 0 Å². The van der Waals surface area contributed by atoms with Gasteiger partial charge >= 0.3 is 29.6 Å². The van der Waals surface area contributed by atoms with Crippen molar-refractivity contribution in [2.45, 2.75) is 18.7 Å². The van der Waals surface area contributed by atoms with E-state index in [4.69, 9.17) is 0 Å². The van der Waals surface area contributed by atoms with E-state index in [2.05, 4.69) is 21.1 Å². The molecule has 0 bridgehead atoms. The van der Waals surface area contributed by atoms with Crippen LogP contribution in [0.2, 0.25) is 0 Å². The summed E-state index contributed by atoms with van der Waals surface area (Å²) in [5.41, 5.74) is 7.07. The first kappa shape index (κ1) is 24.6. The smallest absolute Gasteiger partial charge is 0.744 e. The Bertz CT molecular complexity index is 1430. The summed E-state index contributed by atoms with van der Waals surface area (Å²) in [6, 6.07) is 12.9. The summed E-state index contributed by atoms with van der Waals surface area (Å²) in [6.07, 6.45) is 0. The van der Waals surface area contributed by atoms with Crippen LogP contribution in [0.5, 0.6) is 0 Å². The summed E-state index contributed by atoms with van der Waals surface area (Å²) >= 11 is 0. The maximum Gasteiger partial charge on any atom is 1.00 e. The van der Waals surface area contributed by atoms with Crippen molar-refractivity contribution in [3.63, 3.8) is 0 Å². The fraction of sp³-hybridized carbons (Fsp3) is 0.100. The Hall–Kier alpha value is -2.63. The zero-order valence-corrected chi connectivity index (χ0v) is 19.9. The van der Waals surface area contributed by atoms with Gasteiger partial charge in [0.05, 0.1) is 16.3 Å². The molecule has 0 spiro atoms. The van der Waals surface area contributed by atoms with Crippen LogP contribution in [-0.2, 0) is 10.1 Å². The van der Waals surface area contributed by atoms with Gasteiger partial charge in [-0.2, -0.15) is 10.2 Å². The molecule has 0 saturated carbocycles. The Kier molecular flexibility index (Phi) is 8.04. The van der Waals surface area contributed by atoms with Gasteiger partial charge in [-0.15, -0.1) is 0 Å². The molecule has 0 fully saturated rings. The van der Waals surface area contributed by atoms with Gasteiger partial charge in [0.15, 0.2) is 5.36 Å². The molecule has 0 radical (unpaired) electrons. The molecule has 0 atom stereocenters. The number of aryl methyl sites for hydroxylation is 2. The van der Waals surface area contributed by atoms with Crippen molar-refractivity contribution in [1.82, 2.24) is 0 Å². The van der Waals surface area contributed by atoms with E-state index < -0.39 is 21.0 Å². The molecule has 0 aliphatic carbocycles. The molecular formula is C20H17N4NaO5S. The molecule has 0 aliphatic rings. The van der Waals surface area contributed by atoms with Crippen molar-refractivity contribution in [2.75, 3.05) is 10.9 Å². The molecule has 3 aromatic carbocycles. The minimum Gasteiger partial charge on any atom is -0.744 e. The van der Waals surface area contributed by atoms with E-state index in [1.54, 1.807) is 6.07 Å². The summed E-state index contributed by atoms with van der Waals surface area (Å²) in [7, 11) is -4.55. The number of hydrogen-bond acceptors (Lipinski definition) is 9. The normalized spacial score (nSPS) is 12.4.